The Labute approximate surface area is 151 Å². The number of hydrogen-bond donors (Lipinski definition) is 0. The van der Waals surface area contributed by atoms with Crippen molar-refractivity contribution in [3.8, 4) is 0 Å². The molecule has 0 aliphatic carbocycles. The lowest BCUT2D eigenvalue weighted by Gasteiger charge is -2.26. The first-order chi connectivity index (χ1) is 12.0. The number of carbonyl (C=O) groups is 1. The fourth-order valence-electron chi connectivity index (χ4n) is 2.26. The summed E-state index contributed by atoms with van der Waals surface area (Å²) in [4.78, 5) is 14.3. The van der Waals surface area contributed by atoms with Crippen molar-refractivity contribution in [2.24, 2.45) is 5.41 Å². The van der Waals surface area contributed by atoms with Gasteiger partial charge in [0, 0.05) is 19.5 Å². The number of ether oxygens (including phenoxy) is 5. The van der Waals surface area contributed by atoms with Crippen LogP contribution in [0.2, 0.25) is 0 Å². The molecule has 7 nitrogen and oxygen atoms in total. The maximum atomic E-state index is 12.5. The van der Waals surface area contributed by atoms with Gasteiger partial charge in [0.15, 0.2) is 0 Å². The zero-order valence-electron chi connectivity index (χ0n) is 16.1. The monoisotopic (exact) mass is 361 g/mol. The van der Waals surface area contributed by atoms with Gasteiger partial charge in [0.05, 0.1) is 66.1 Å². The van der Waals surface area contributed by atoms with Gasteiger partial charge >= 0.3 is 0 Å². The summed E-state index contributed by atoms with van der Waals surface area (Å²) in [7, 11) is 0. The third kappa shape index (κ3) is 13.2. The van der Waals surface area contributed by atoms with E-state index in [2.05, 4.69) is 20.8 Å². The highest BCUT2D eigenvalue weighted by atomic mass is 16.6. The van der Waals surface area contributed by atoms with Crippen LogP contribution in [-0.4, -0.2) is 90.0 Å². The third-order valence-corrected chi connectivity index (χ3v) is 3.53. The maximum Gasteiger partial charge on any atom is 0.223 e. The highest BCUT2D eigenvalue weighted by molar-refractivity contribution is 5.76. The van der Waals surface area contributed by atoms with Gasteiger partial charge in [-0.25, -0.2) is 0 Å². The molecule has 148 valence electrons. The van der Waals surface area contributed by atoms with Crippen molar-refractivity contribution in [3.63, 3.8) is 0 Å². The number of carbonyl (C=O) groups excluding carboxylic acids is 1. The van der Waals surface area contributed by atoms with Gasteiger partial charge in [-0.05, 0) is 5.41 Å². The van der Waals surface area contributed by atoms with Crippen molar-refractivity contribution < 1.29 is 28.5 Å². The molecule has 0 unspecified atom stereocenters. The summed E-state index contributed by atoms with van der Waals surface area (Å²) in [5.74, 6) is 0.138. The molecule has 1 fully saturated rings. The van der Waals surface area contributed by atoms with Crippen molar-refractivity contribution in [2.75, 3.05) is 79.2 Å². The molecule has 1 aliphatic heterocycles. The molecule has 1 rings (SSSR count). The predicted octanol–water partition coefficient (Wildman–Crippen LogP) is 1.35. The molecule has 1 heterocycles. The zero-order valence-corrected chi connectivity index (χ0v) is 16.1. The Hall–Kier alpha value is -0.730. The molecule has 0 aromatic rings. The highest BCUT2D eigenvalue weighted by Gasteiger charge is 2.21. The zero-order chi connectivity index (χ0) is 18.4. The van der Waals surface area contributed by atoms with Crippen LogP contribution in [0.15, 0.2) is 0 Å². The van der Waals surface area contributed by atoms with E-state index in [0.717, 1.165) is 0 Å². The summed E-state index contributed by atoms with van der Waals surface area (Å²) in [6.07, 6.45) is 0.513. The van der Waals surface area contributed by atoms with Crippen LogP contribution < -0.4 is 0 Å². The SMILES string of the molecule is CC(C)(C)CC(=O)N1CCOCCOCCOCCOCCOCC1. The first kappa shape index (κ1) is 22.3. The minimum Gasteiger partial charge on any atom is -0.377 e. The first-order valence-corrected chi connectivity index (χ1v) is 9.15. The van der Waals surface area contributed by atoms with Gasteiger partial charge in [-0.15, -0.1) is 0 Å². The van der Waals surface area contributed by atoms with Gasteiger partial charge in [0.1, 0.15) is 0 Å². The summed E-state index contributed by atoms with van der Waals surface area (Å²) in [5, 5.41) is 0. The lowest BCUT2D eigenvalue weighted by Crippen LogP contribution is -2.38. The molecule has 0 aromatic heterocycles. The predicted molar refractivity (Wildman–Crippen MR) is 94.7 cm³/mol. The minimum absolute atomic E-state index is 0.0332. The van der Waals surface area contributed by atoms with Gasteiger partial charge < -0.3 is 28.6 Å². The van der Waals surface area contributed by atoms with E-state index >= 15 is 0 Å². The van der Waals surface area contributed by atoms with E-state index in [1.807, 2.05) is 4.90 Å². The standard InChI is InChI=1S/C18H35NO6/c1-18(2,3)16-17(20)19-4-6-21-8-10-23-12-14-25-15-13-24-11-9-22-7-5-19/h4-16H2,1-3H3. The molecule has 25 heavy (non-hydrogen) atoms. The molecular weight excluding hydrogens is 326 g/mol. The Morgan fingerprint density at radius 1 is 0.680 bits per heavy atom. The van der Waals surface area contributed by atoms with Crippen molar-refractivity contribution in [1.29, 1.82) is 0 Å². The fourth-order valence-corrected chi connectivity index (χ4v) is 2.26. The van der Waals surface area contributed by atoms with Crippen LogP contribution in [0, 0.1) is 5.41 Å². The average Bonchev–Trinajstić information content (AvgIpc) is 2.53. The Balaban J connectivity index is 2.40. The largest absolute Gasteiger partial charge is 0.377 e. The van der Waals surface area contributed by atoms with Gasteiger partial charge in [-0.1, -0.05) is 20.8 Å². The Morgan fingerprint density at radius 3 is 1.32 bits per heavy atom. The summed E-state index contributed by atoms with van der Waals surface area (Å²) < 4.78 is 27.4. The van der Waals surface area contributed by atoms with E-state index in [-0.39, 0.29) is 11.3 Å². The molecule has 0 bridgehead atoms. The number of hydrogen-bond acceptors (Lipinski definition) is 6. The summed E-state index contributed by atoms with van der Waals surface area (Å²) in [6, 6.07) is 0. The molecule has 7 heteroatoms. The molecule has 0 atom stereocenters. The quantitative estimate of drug-likeness (QED) is 0.702. The molecule has 1 amide bonds. The number of nitrogens with zero attached hydrogens (tertiary/aromatic N) is 1. The lowest BCUT2D eigenvalue weighted by molar-refractivity contribution is -0.134. The molecule has 0 N–H and O–H groups in total. The summed E-state index contributed by atoms with van der Waals surface area (Å²) in [6.45, 7) is 12.6. The second-order valence-corrected chi connectivity index (χ2v) is 7.18. The Morgan fingerprint density at radius 2 is 1.00 bits per heavy atom. The molecule has 0 saturated carbocycles. The third-order valence-electron chi connectivity index (χ3n) is 3.53. The summed E-state index contributed by atoms with van der Waals surface area (Å²) in [5.41, 5.74) is -0.0332. The van der Waals surface area contributed by atoms with E-state index < -0.39 is 0 Å². The van der Waals surface area contributed by atoms with Crippen LogP contribution in [0.1, 0.15) is 27.2 Å². The van der Waals surface area contributed by atoms with E-state index in [4.69, 9.17) is 23.7 Å². The molecule has 0 spiro atoms. The van der Waals surface area contributed by atoms with Crippen molar-refractivity contribution in [2.45, 2.75) is 27.2 Å². The van der Waals surface area contributed by atoms with Gasteiger partial charge in [-0.2, -0.15) is 0 Å². The maximum absolute atomic E-state index is 12.5. The Kier molecular flexibility index (Phi) is 12.0. The van der Waals surface area contributed by atoms with Crippen LogP contribution in [0.5, 0.6) is 0 Å². The molecule has 1 aliphatic rings. The van der Waals surface area contributed by atoms with E-state index in [1.54, 1.807) is 0 Å². The smallest absolute Gasteiger partial charge is 0.223 e. The van der Waals surface area contributed by atoms with Crippen LogP contribution in [-0.2, 0) is 28.5 Å². The average molecular weight is 361 g/mol. The fraction of sp³-hybridized carbons (Fsp3) is 0.944. The van der Waals surface area contributed by atoms with Crippen molar-refractivity contribution in [3.05, 3.63) is 0 Å². The first-order valence-electron chi connectivity index (χ1n) is 9.15. The number of rotatable bonds is 1. The molecule has 0 aromatic carbocycles. The van der Waals surface area contributed by atoms with Crippen LogP contribution in [0.25, 0.3) is 0 Å². The second kappa shape index (κ2) is 13.5. The topological polar surface area (TPSA) is 66.5 Å². The van der Waals surface area contributed by atoms with Crippen molar-refractivity contribution >= 4 is 5.91 Å². The second-order valence-electron chi connectivity index (χ2n) is 7.18. The van der Waals surface area contributed by atoms with Crippen molar-refractivity contribution in [1.82, 2.24) is 4.90 Å². The van der Waals surface area contributed by atoms with Gasteiger partial charge in [0.25, 0.3) is 0 Å². The highest BCUT2D eigenvalue weighted by Crippen LogP contribution is 2.19. The Bertz CT molecular complexity index is 327. The van der Waals surface area contributed by atoms with E-state index in [1.165, 1.54) is 0 Å². The normalized spacial score (nSPS) is 21.3. The number of amides is 1. The van der Waals surface area contributed by atoms with Crippen LogP contribution in [0.3, 0.4) is 0 Å². The van der Waals surface area contributed by atoms with E-state index in [9.17, 15) is 4.79 Å². The van der Waals surface area contributed by atoms with Gasteiger partial charge in [0.2, 0.25) is 5.91 Å². The molecule has 1 saturated heterocycles. The lowest BCUT2D eigenvalue weighted by atomic mass is 9.91. The van der Waals surface area contributed by atoms with E-state index in [0.29, 0.717) is 85.6 Å². The van der Waals surface area contributed by atoms with Gasteiger partial charge in [-0.3, -0.25) is 4.79 Å². The molecular formula is C18H35NO6. The summed E-state index contributed by atoms with van der Waals surface area (Å²) >= 11 is 0. The minimum atomic E-state index is -0.0332. The molecule has 0 radical (unpaired) electrons. The van der Waals surface area contributed by atoms with Crippen LogP contribution >= 0.6 is 0 Å². The van der Waals surface area contributed by atoms with Crippen LogP contribution in [0.4, 0.5) is 0 Å².